The lowest BCUT2D eigenvalue weighted by atomic mass is 10.1. The average Bonchev–Trinajstić information content (AvgIpc) is 2.62. The Morgan fingerprint density at radius 2 is 2.33 bits per heavy atom. The highest BCUT2D eigenvalue weighted by atomic mass is 15.2. The number of aryl methyl sites for hydroxylation is 1. The first kappa shape index (κ1) is 12.2. The third kappa shape index (κ3) is 4.01. The number of nitrogens with two attached hydrogens (primary N) is 1. The van der Waals surface area contributed by atoms with E-state index in [0.29, 0.717) is 5.92 Å². The van der Waals surface area contributed by atoms with Crippen LogP contribution in [0.15, 0.2) is 12.4 Å². The van der Waals surface area contributed by atoms with Crippen LogP contribution in [-0.4, -0.2) is 34.3 Å². The largest absolute Gasteiger partial charge is 0.330 e. The van der Waals surface area contributed by atoms with E-state index < -0.39 is 0 Å². The Bertz CT molecular complexity index is 282. The second-order valence-corrected chi connectivity index (χ2v) is 4.19. The van der Waals surface area contributed by atoms with E-state index >= 15 is 0 Å². The molecular formula is C11H22N4. The van der Waals surface area contributed by atoms with Gasteiger partial charge in [-0.05, 0) is 19.0 Å². The highest BCUT2D eigenvalue weighted by molar-refractivity contribution is 5.03. The molecule has 0 aromatic carbocycles. The smallest absolute Gasteiger partial charge is 0.0534 e. The Morgan fingerprint density at radius 1 is 1.60 bits per heavy atom. The molecule has 4 heteroatoms. The topological polar surface area (TPSA) is 47.1 Å². The van der Waals surface area contributed by atoms with Crippen LogP contribution in [0.1, 0.15) is 19.4 Å². The lowest BCUT2D eigenvalue weighted by Crippen LogP contribution is -2.31. The van der Waals surface area contributed by atoms with Crippen LogP contribution in [0.2, 0.25) is 0 Å². The predicted molar refractivity (Wildman–Crippen MR) is 62.4 cm³/mol. The molecule has 1 aromatic rings. The van der Waals surface area contributed by atoms with Crippen molar-refractivity contribution in [2.75, 3.05) is 19.6 Å². The lowest BCUT2D eigenvalue weighted by Gasteiger charge is -2.22. The first-order valence-electron chi connectivity index (χ1n) is 5.55. The minimum absolute atomic E-state index is 0.557. The molecule has 1 atom stereocenters. The van der Waals surface area contributed by atoms with Gasteiger partial charge in [0.1, 0.15) is 0 Å². The zero-order chi connectivity index (χ0) is 11.3. The molecular weight excluding hydrogens is 188 g/mol. The third-order valence-corrected chi connectivity index (χ3v) is 2.58. The second-order valence-electron chi connectivity index (χ2n) is 4.19. The van der Waals surface area contributed by atoms with Gasteiger partial charge >= 0.3 is 0 Å². The van der Waals surface area contributed by atoms with Gasteiger partial charge in [0.25, 0.3) is 0 Å². The standard InChI is InChI=1S/C11H22N4/c1-4-15(7-10(2)5-12)9-11-6-13-14(3)8-11/h6,8,10H,4-5,7,9,12H2,1-3H3. The van der Waals surface area contributed by atoms with Crippen molar-refractivity contribution in [2.24, 2.45) is 18.7 Å². The minimum Gasteiger partial charge on any atom is -0.330 e. The van der Waals surface area contributed by atoms with Gasteiger partial charge in [-0.15, -0.1) is 0 Å². The van der Waals surface area contributed by atoms with Crippen LogP contribution in [0.5, 0.6) is 0 Å². The zero-order valence-corrected chi connectivity index (χ0v) is 9.98. The molecule has 0 fully saturated rings. The van der Waals surface area contributed by atoms with Gasteiger partial charge in [-0.2, -0.15) is 5.10 Å². The first-order chi connectivity index (χ1) is 7.15. The van der Waals surface area contributed by atoms with E-state index in [1.807, 2.05) is 17.9 Å². The second kappa shape index (κ2) is 5.88. The quantitative estimate of drug-likeness (QED) is 0.757. The van der Waals surface area contributed by atoms with E-state index in [4.69, 9.17) is 5.73 Å². The number of nitrogens with zero attached hydrogens (tertiary/aromatic N) is 3. The van der Waals surface area contributed by atoms with Gasteiger partial charge in [-0.1, -0.05) is 13.8 Å². The van der Waals surface area contributed by atoms with E-state index in [9.17, 15) is 0 Å². The summed E-state index contributed by atoms with van der Waals surface area (Å²) >= 11 is 0. The average molecular weight is 210 g/mol. The predicted octanol–water partition coefficient (Wildman–Crippen LogP) is 0.837. The number of rotatable bonds is 6. The van der Waals surface area contributed by atoms with Gasteiger partial charge in [0.15, 0.2) is 0 Å². The van der Waals surface area contributed by atoms with Crippen molar-refractivity contribution >= 4 is 0 Å². The maximum absolute atomic E-state index is 5.63. The fraction of sp³-hybridized carbons (Fsp3) is 0.727. The van der Waals surface area contributed by atoms with Crippen molar-refractivity contribution in [2.45, 2.75) is 20.4 Å². The van der Waals surface area contributed by atoms with E-state index in [-0.39, 0.29) is 0 Å². The van der Waals surface area contributed by atoms with Gasteiger partial charge < -0.3 is 5.73 Å². The van der Waals surface area contributed by atoms with Gasteiger partial charge in [-0.3, -0.25) is 9.58 Å². The molecule has 1 rings (SSSR count). The highest BCUT2D eigenvalue weighted by Crippen LogP contribution is 2.05. The van der Waals surface area contributed by atoms with Crippen molar-refractivity contribution < 1.29 is 0 Å². The molecule has 0 aliphatic rings. The van der Waals surface area contributed by atoms with E-state index in [0.717, 1.165) is 26.2 Å². The van der Waals surface area contributed by atoms with E-state index in [1.165, 1.54) is 5.56 Å². The van der Waals surface area contributed by atoms with Crippen LogP contribution in [-0.2, 0) is 13.6 Å². The molecule has 0 bridgehead atoms. The summed E-state index contributed by atoms with van der Waals surface area (Å²) < 4.78 is 1.84. The van der Waals surface area contributed by atoms with Crippen molar-refractivity contribution in [3.8, 4) is 0 Å². The van der Waals surface area contributed by atoms with Crippen molar-refractivity contribution in [3.05, 3.63) is 18.0 Å². The monoisotopic (exact) mass is 210 g/mol. The molecule has 86 valence electrons. The molecule has 0 saturated carbocycles. The molecule has 0 spiro atoms. The molecule has 0 aliphatic carbocycles. The Labute approximate surface area is 92.1 Å². The fourth-order valence-corrected chi connectivity index (χ4v) is 1.63. The van der Waals surface area contributed by atoms with Crippen LogP contribution in [0, 0.1) is 5.92 Å². The highest BCUT2D eigenvalue weighted by Gasteiger charge is 2.08. The molecule has 2 N–H and O–H groups in total. The van der Waals surface area contributed by atoms with Crippen LogP contribution >= 0.6 is 0 Å². The molecule has 0 radical (unpaired) electrons. The van der Waals surface area contributed by atoms with E-state index in [2.05, 4.69) is 30.0 Å². The molecule has 0 amide bonds. The first-order valence-corrected chi connectivity index (χ1v) is 5.55. The summed E-state index contributed by atoms with van der Waals surface area (Å²) in [5.74, 6) is 0.557. The van der Waals surface area contributed by atoms with Crippen molar-refractivity contribution in [1.29, 1.82) is 0 Å². The maximum Gasteiger partial charge on any atom is 0.0534 e. The Kier molecular flexibility index (Phi) is 4.78. The SMILES string of the molecule is CCN(Cc1cnn(C)c1)CC(C)CN. The number of hydrogen-bond acceptors (Lipinski definition) is 3. The Balaban J connectivity index is 2.46. The molecule has 4 nitrogen and oxygen atoms in total. The molecule has 0 aliphatic heterocycles. The molecule has 1 unspecified atom stereocenters. The minimum atomic E-state index is 0.557. The van der Waals surface area contributed by atoms with E-state index in [1.54, 1.807) is 0 Å². The third-order valence-electron chi connectivity index (χ3n) is 2.58. The van der Waals surface area contributed by atoms with Gasteiger partial charge in [0, 0.05) is 31.9 Å². The van der Waals surface area contributed by atoms with Crippen LogP contribution < -0.4 is 5.73 Å². The molecule has 1 aromatic heterocycles. The molecule has 1 heterocycles. The summed E-state index contributed by atoms with van der Waals surface area (Å²) in [6.45, 7) is 8.20. The number of aromatic nitrogens is 2. The van der Waals surface area contributed by atoms with Crippen LogP contribution in [0.4, 0.5) is 0 Å². The van der Waals surface area contributed by atoms with Gasteiger partial charge in [-0.25, -0.2) is 0 Å². The summed E-state index contributed by atoms with van der Waals surface area (Å²) in [6.07, 6.45) is 3.99. The summed E-state index contributed by atoms with van der Waals surface area (Å²) in [6, 6.07) is 0. The maximum atomic E-state index is 5.63. The summed E-state index contributed by atoms with van der Waals surface area (Å²) in [5, 5.41) is 4.17. The van der Waals surface area contributed by atoms with Crippen molar-refractivity contribution in [1.82, 2.24) is 14.7 Å². The molecule has 0 saturated heterocycles. The Morgan fingerprint density at radius 3 is 2.80 bits per heavy atom. The fourth-order valence-electron chi connectivity index (χ4n) is 1.63. The molecule has 15 heavy (non-hydrogen) atoms. The normalized spacial score (nSPS) is 13.4. The van der Waals surface area contributed by atoms with Crippen LogP contribution in [0.25, 0.3) is 0 Å². The zero-order valence-electron chi connectivity index (χ0n) is 9.98. The lowest BCUT2D eigenvalue weighted by molar-refractivity contribution is 0.243. The van der Waals surface area contributed by atoms with Crippen molar-refractivity contribution in [3.63, 3.8) is 0 Å². The van der Waals surface area contributed by atoms with Gasteiger partial charge in [0.2, 0.25) is 0 Å². The summed E-state index contributed by atoms with van der Waals surface area (Å²) in [7, 11) is 1.95. The summed E-state index contributed by atoms with van der Waals surface area (Å²) in [4.78, 5) is 2.40. The summed E-state index contributed by atoms with van der Waals surface area (Å²) in [5.41, 5.74) is 6.90. The Hall–Kier alpha value is -0.870. The number of hydrogen-bond donors (Lipinski definition) is 1. The van der Waals surface area contributed by atoms with Crippen LogP contribution in [0.3, 0.4) is 0 Å². The van der Waals surface area contributed by atoms with Gasteiger partial charge in [0.05, 0.1) is 6.20 Å².